The normalized spacial score (nSPS) is 14.1. The number of para-hydroxylation sites is 1. The van der Waals surface area contributed by atoms with Crippen LogP contribution in [0.4, 0.5) is 0 Å². The van der Waals surface area contributed by atoms with Crippen LogP contribution in [-0.4, -0.2) is 6.61 Å². The first-order chi connectivity index (χ1) is 5.38. The Morgan fingerprint density at radius 3 is 2.92 bits per heavy atom. The van der Waals surface area contributed by atoms with Gasteiger partial charge < -0.3 is 4.74 Å². The summed E-state index contributed by atoms with van der Waals surface area (Å²) in [6, 6.07) is 6.20. The van der Waals surface area contributed by atoms with Crippen LogP contribution in [0.25, 0.3) is 0 Å². The van der Waals surface area contributed by atoms with E-state index in [1.807, 2.05) is 6.07 Å². The number of aryl methyl sites for hydroxylation is 1. The van der Waals surface area contributed by atoms with Crippen molar-refractivity contribution in [3.05, 3.63) is 28.2 Å². The molecular weight excluding hydrogens is 239 g/mol. The van der Waals surface area contributed by atoms with E-state index in [-0.39, 0.29) is 12.4 Å². The van der Waals surface area contributed by atoms with E-state index >= 15 is 0 Å². The van der Waals surface area contributed by atoms with Crippen molar-refractivity contribution in [3.8, 4) is 5.75 Å². The zero-order chi connectivity index (χ0) is 7.68. The minimum absolute atomic E-state index is 0. The summed E-state index contributed by atoms with van der Waals surface area (Å²) in [4.78, 5) is 0. The van der Waals surface area contributed by atoms with Gasteiger partial charge in [0.2, 0.25) is 0 Å². The maximum absolute atomic E-state index is 5.51. The quantitative estimate of drug-likeness (QED) is 0.686. The van der Waals surface area contributed by atoms with Crippen LogP contribution in [0, 0.1) is 0 Å². The molecule has 0 amide bonds. The van der Waals surface area contributed by atoms with Crippen LogP contribution < -0.4 is 4.74 Å². The lowest BCUT2D eigenvalue weighted by Crippen LogP contribution is -2.08. The van der Waals surface area contributed by atoms with Gasteiger partial charge in [-0.15, -0.1) is 12.4 Å². The minimum atomic E-state index is 0. The largest absolute Gasteiger partial charge is 0.492 e. The molecule has 1 aromatic carbocycles. The third kappa shape index (κ3) is 1.75. The zero-order valence-electron chi connectivity index (χ0n) is 6.55. The van der Waals surface area contributed by atoms with Gasteiger partial charge >= 0.3 is 0 Å². The maximum atomic E-state index is 5.51. The molecule has 0 atom stereocenters. The lowest BCUT2D eigenvalue weighted by Gasteiger charge is -2.17. The summed E-state index contributed by atoms with van der Waals surface area (Å²) in [5.74, 6) is 1.04. The Hall–Kier alpha value is -0.210. The van der Waals surface area contributed by atoms with Crippen molar-refractivity contribution in [1.82, 2.24) is 0 Å². The molecule has 12 heavy (non-hydrogen) atoms. The Labute approximate surface area is 86.7 Å². The second-order valence-corrected chi connectivity index (χ2v) is 3.53. The number of hydrogen-bond donors (Lipinski definition) is 0. The van der Waals surface area contributed by atoms with Crippen LogP contribution in [0.1, 0.15) is 12.0 Å². The number of halogens is 2. The molecule has 0 N–H and O–H groups in total. The third-order valence-corrected chi connectivity index (χ3v) is 2.51. The fourth-order valence-corrected chi connectivity index (χ4v) is 1.87. The van der Waals surface area contributed by atoms with Gasteiger partial charge in [-0.25, -0.2) is 0 Å². The summed E-state index contributed by atoms with van der Waals surface area (Å²) in [6.07, 6.45) is 2.29. The molecule has 1 nitrogen and oxygen atoms in total. The van der Waals surface area contributed by atoms with Crippen molar-refractivity contribution in [2.24, 2.45) is 0 Å². The van der Waals surface area contributed by atoms with Crippen LogP contribution in [-0.2, 0) is 6.42 Å². The Morgan fingerprint density at radius 1 is 1.33 bits per heavy atom. The smallest absolute Gasteiger partial charge is 0.136 e. The summed E-state index contributed by atoms with van der Waals surface area (Å²) in [5, 5.41) is 0. The fourth-order valence-electron chi connectivity index (χ4n) is 1.35. The van der Waals surface area contributed by atoms with E-state index in [9.17, 15) is 0 Å². The van der Waals surface area contributed by atoms with E-state index in [2.05, 4.69) is 28.1 Å². The molecule has 0 spiro atoms. The molecule has 3 heteroatoms. The first-order valence-corrected chi connectivity index (χ1v) is 4.57. The van der Waals surface area contributed by atoms with Crippen LogP contribution in [0.15, 0.2) is 22.7 Å². The van der Waals surface area contributed by atoms with Crippen LogP contribution in [0.5, 0.6) is 5.75 Å². The van der Waals surface area contributed by atoms with Crippen molar-refractivity contribution in [2.45, 2.75) is 12.8 Å². The van der Waals surface area contributed by atoms with E-state index in [1.54, 1.807) is 0 Å². The molecule has 0 bridgehead atoms. The van der Waals surface area contributed by atoms with Gasteiger partial charge in [-0.2, -0.15) is 0 Å². The number of hydrogen-bond acceptors (Lipinski definition) is 1. The number of ether oxygens (including phenoxy) is 1. The predicted molar refractivity (Wildman–Crippen MR) is 55.2 cm³/mol. The van der Waals surface area contributed by atoms with Gasteiger partial charge in [-0.3, -0.25) is 0 Å². The number of rotatable bonds is 0. The molecule has 0 aliphatic carbocycles. The average Bonchev–Trinajstić information content (AvgIpc) is 2.06. The third-order valence-electron chi connectivity index (χ3n) is 1.89. The molecule has 0 saturated carbocycles. The highest BCUT2D eigenvalue weighted by Gasteiger charge is 2.11. The van der Waals surface area contributed by atoms with Gasteiger partial charge in [0, 0.05) is 0 Å². The van der Waals surface area contributed by atoms with Gasteiger partial charge in [-0.1, -0.05) is 12.1 Å². The Morgan fingerprint density at radius 2 is 2.17 bits per heavy atom. The summed E-state index contributed by atoms with van der Waals surface area (Å²) >= 11 is 3.46. The molecular formula is C9H10BrClO. The highest BCUT2D eigenvalue weighted by atomic mass is 79.9. The average molecular weight is 250 g/mol. The zero-order valence-corrected chi connectivity index (χ0v) is 8.95. The van der Waals surface area contributed by atoms with Crippen molar-refractivity contribution in [3.63, 3.8) is 0 Å². The monoisotopic (exact) mass is 248 g/mol. The standard InChI is InChI=1S/C9H9BrO.ClH/c10-8-5-1-3-7-4-2-6-11-9(7)8;/h1,3,5H,2,4,6H2;1H. The molecule has 0 aromatic heterocycles. The highest BCUT2D eigenvalue weighted by Crippen LogP contribution is 2.32. The predicted octanol–water partition coefficient (Wildman–Crippen LogP) is 3.20. The van der Waals surface area contributed by atoms with E-state index in [4.69, 9.17) is 4.74 Å². The molecule has 0 fully saturated rings. The van der Waals surface area contributed by atoms with Crippen LogP contribution in [0.2, 0.25) is 0 Å². The first kappa shape index (κ1) is 9.87. The van der Waals surface area contributed by atoms with Gasteiger partial charge in [0.1, 0.15) is 5.75 Å². The molecule has 1 heterocycles. The minimum Gasteiger partial charge on any atom is -0.492 e. The molecule has 66 valence electrons. The van der Waals surface area contributed by atoms with E-state index < -0.39 is 0 Å². The molecule has 1 aliphatic rings. The molecule has 1 aliphatic heterocycles. The van der Waals surface area contributed by atoms with Gasteiger partial charge in [-0.05, 0) is 40.4 Å². The molecule has 1 aromatic rings. The van der Waals surface area contributed by atoms with Gasteiger partial charge in [0.15, 0.2) is 0 Å². The Bertz CT molecular complexity index is 275. The van der Waals surface area contributed by atoms with E-state index in [0.29, 0.717) is 0 Å². The highest BCUT2D eigenvalue weighted by molar-refractivity contribution is 9.10. The maximum Gasteiger partial charge on any atom is 0.136 e. The lowest BCUT2D eigenvalue weighted by atomic mass is 10.1. The molecule has 2 rings (SSSR count). The Kier molecular flexibility index (Phi) is 3.41. The first-order valence-electron chi connectivity index (χ1n) is 3.78. The molecule has 0 unspecified atom stereocenters. The van der Waals surface area contributed by atoms with Crippen LogP contribution >= 0.6 is 28.3 Å². The summed E-state index contributed by atoms with van der Waals surface area (Å²) < 4.78 is 6.59. The van der Waals surface area contributed by atoms with Crippen molar-refractivity contribution in [1.29, 1.82) is 0 Å². The SMILES string of the molecule is Brc1cccc2c1OCCC2.Cl. The van der Waals surface area contributed by atoms with Gasteiger partial charge in [0.25, 0.3) is 0 Å². The molecule has 0 radical (unpaired) electrons. The lowest BCUT2D eigenvalue weighted by molar-refractivity contribution is 0.286. The van der Waals surface area contributed by atoms with E-state index in [0.717, 1.165) is 29.7 Å². The Balaban J connectivity index is 0.000000720. The summed E-state index contributed by atoms with van der Waals surface area (Å²) in [6.45, 7) is 0.857. The fraction of sp³-hybridized carbons (Fsp3) is 0.333. The van der Waals surface area contributed by atoms with Gasteiger partial charge in [0.05, 0.1) is 11.1 Å². The van der Waals surface area contributed by atoms with Crippen molar-refractivity contribution < 1.29 is 4.74 Å². The topological polar surface area (TPSA) is 9.23 Å². The van der Waals surface area contributed by atoms with E-state index in [1.165, 1.54) is 5.56 Å². The second kappa shape index (κ2) is 4.15. The van der Waals surface area contributed by atoms with Crippen LogP contribution in [0.3, 0.4) is 0 Å². The number of benzene rings is 1. The second-order valence-electron chi connectivity index (χ2n) is 2.68. The number of fused-ring (bicyclic) bond motifs is 1. The summed E-state index contributed by atoms with van der Waals surface area (Å²) in [7, 11) is 0. The van der Waals surface area contributed by atoms with Crippen molar-refractivity contribution >= 4 is 28.3 Å². The molecule has 0 saturated heterocycles. The van der Waals surface area contributed by atoms with Crippen molar-refractivity contribution in [2.75, 3.05) is 6.61 Å². The summed E-state index contributed by atoms with van der Waals surface area (Å²) in [5.41, 5.74) is 1.32.